The minimum atomic E-state index is -4.09. The zero-order chi connectivity index (χ0) is 27.9. The molecule has 0 spiro atoms. The lowest BCUT2D eigenvalue weighted by Crippen LogP contribution is -2.52. The van der Waals surface area contributed by atoms with E-state index >= 15 is 0 Å². The molecule has 8 nitrogen and oxygen atoms in total. The zero-order valence-corrected chi connectivity index (χ0v) is 24.2. The van der Waals surface area contributed by atoms with E-state index in [2.05, 4.69) is 21.2 Å². The Hall–Kier alpha value is -3.37. The third kappa shape index (κ3) is 7.35. The third-order valence-electron chi connectivity index (χ3n) is 5.81. The maximum atomic E-state index is 13.9. The Morgan fingerprint density at radius 2 is 1.61 bits per heavy atom. The van der Waals surface area contributed by atoms with Crippen LogP contribution in [0, 0.1) is 0 Å². The number of hydrogen-bond donors (Lipinski definition) is 1. The number of nitrogens with one attached hydrogen (secondary N) is 1. The predicted molar refractivity (Wildman–Crippen MR) is 151 cm³/mol. The number of ether oxygens (including phenoxy) is 1. The number of amides is 2. The van der Waals surface area contributed by atoms with Crippen molar-refractivity contribution in [3.63, 3.8) is 0 Å². The summed E-state index contributed by atoms with van der Waals surface area (Å²) in [6, 6.07) is 20.8. The van der Waals surface area contributed by atoms with Gasteiger partial charge in [0, 0.05) is 17.1 Å². The van der Waals surface area contributed by atoms with Crippen LogP contribution in [-0.2, 0) is 26.2 Å². The number of hydrogen-bond acceptors (Lipinski definition) is 5. The molecule has 3 aromatic rings. The molecule has 0 saturated heterocycles. The second-order valence-electron chi connectivity index (χ2n) is 9.01. The highest BCUT2D eigenvalue weighted by Gasteiger charge is 2.32. The van der Waals surface area contributed by atoms with Gasteiger partial charge in [0.2, 0.25) is 11.8 Å². The lowest BCUT2D eigenvalue weighted by molar-refractivity contribution is -0.139. The number of carbonyl (C=O) groups excluding carboxylic acids is 2. The van der Waals surface area contributed by atoms with E-state index in [1.54, 1.807) is 74.7 Å². The van der Waals surface area contributed by atoms with Crippen molar-refractivity contribution in [1.29, 1.82) is 0 Å². The molecule has 0 aliphatic rings. The summed E-state index contributed by atoms with van der Waals surface area (Å²) >= 11 is 3.37. The fourth-order valence-corrected chi connectivity index (χ4v) is 5.51. The quantitative estimate of drug-likeness (QED) is 0.347. The molecule has 0 aliphatic carbocycles. The van der Waals surface area contributed by atoms with Crippen LogP contribution in [0.4, 0.5) is 5.69 Å². The summed E-state index contributed by atoms with van der Waals surface area (Å²) in [5.74, 6) is -0.253. The topological polar surface area (TPSA) is 96.0 Å². The molecule has 1 atom stereocenters. The highest BCUT2D eigenvalue weighted by atomic mass is 79.9. The van der Waals surface area contributed by atoms with E-state index in [-0.39, 0.29) is 23.4 Å². The van der Waals surface area contributed by atoms with Gasteiger partial charge in [-0.1, -0.05) is 46.3 Å². The first-order chi connectivity index (χ1) is 18.0. The van der Waals surface area contributed by atoms with Crippen LogP contribution < -0.4 is 14.4 Å². The molecule has 0 fully saturated rings. The molecule has 0 saturated carbocycles. The second-order valence-corrected chi connectivity index (χ2v) is 11.8. The van der Waals surface area contributed by atoms with E-state index in [4.69, 9.17) is 4.74 Å². The first-order valence-electron chi connectivity index (χ1n) is 12.1. The molecule has 0 bridgehead atoms. The van der Waals surface area contributed by atoms with Gasteiger partial charge in [-0.3, -0.25) is 13.9 Å². The Morgan fingerprint density at radius 1 is 0.947 bits per heavy atom. The van der Waals surface area contributed by atoms with Crippen LogP contribution in [0.25, 0.3) is 0 Å². The molecule has 0 aromatic heterocycles. The van der Waals surface area contributed by atoms with Crippen LogP contribution in [0.15, 0.2) is 88.2 Å². The van der Waals surface area contributed by atoms with E-state index in [1.807, 2.05) is 19.9 Å². The highest BCUT2D eigenvalue weighted by molar-refractivity contribution is 9.10. The Morgan fingerprint density at radius 3 is 2.21 bits per heavy atom. The number of methoxy groups -OCH3 is 1. The summed E-state index contributed by atoms with van der Waals surface area (Å²) < 4.78 is 34.6. The molecule has 38 heavy (non-hydrogen) atoms. The van der Waals surface area contributed by atoms with Crippen molar-refractivity contribution in [2.45, 2.75) is 44.3 Å². The van der Waals surface area contributed by atoms with Crippen molar-refractivity contribution in [3.8, 4) is 5.75 Å². The number of anilines is 1. The Labute approximate surface area is 232 Å². The Balaban J connectivity index is 2.02. The summed E-state index contributed by atoms with van der Waals surface area (Å²) in [6.45, 7) is 4.89. The first kappa shape index (κ1) is 29.2. The van der Waals surface area contributed by atoms with E-state index in [1.165, 1.54) is 17.0 Å². The van der Waals surface area contributed by atoms with Gasteiger partial charge in [0.15, 0.2) is 0 Å². The number of nitrogens with zero attached hydrogens (tertiary/aromatic N) is 2. The molecule has 3 rings (SSSR count). The van der Waals surface area contributed by atoms with Gasteiger partial charge in [-0.2, -0.15) is 0 Å². The molecule has 202 valence electrons. The minimum absolute atomic E-state index is 0.0562. The molecule has 0 unspecified atom stereocenters. The van der Waals surface area contributed by atoms with Gasteiger partial charge in [-0.15, -0.1) is 0 Å². The van der Waals surface area contributed by atoms with Crippen LogP contribution in [0.1, 0.15) is 26.3 Å². The zero-order valence-electron chi connectivity index (χ0n) is 21.8. The summed E-state index contributed by atoms with van der Waals surface area (Å²) in [5.41, 5.74) is 1.06. The average Bonchev–Trinajstić information content (AvgIpc) is 2.90. The van der Waals surface area contributed by atoms with Crippen LogP contribution in [0.3, 0.4) is 0 Å². The highest BCUT2D eigenvalue weighted by Crippen LogP contribution is 2.26. The molecule has 3 aromatic carbocycles. The van der Waals surface area contributed by atoms with Gasteiger partial charge in [0.05, 0.1) is 17.7 Å². The molecule has 10 heteroatoms. The number of sulfonamides is 1. The van der Waals surface area contributed by atoms with Crippen molar-refractivity contribution in [3.05, 3.63) is 88.9 Å². The summed E-state index contributed by atoms with van der Waals surface area (Å²) in [4.78, 5) is 28.3. The van der Waals surface area contributed by atoms with E-state index in [0.29, 0.717) is 11.4 Å². The van der Waals surface area contributed by atoms with Gasteiger partial charge in [-0.25, -0.2) is 8.42 Å². The fourth-order valence-electron chi connectivity index (χ4n) is 3.81. The lowest BCUT2D eigenvalue weighted by atomic mass is 10.1. The van der Waals surface area contributed by atoms with E-state index < -0.39 is 28.5 Å². The summed E-state index contributed by atoms with van der Waals surface area (Å²) in [7, 11) is -2.55. The van der Waals surface area contributed by atoms with Crippen LogP contribution in [0.2, 0.25) is 0 Å². The van der Waals surface area contributed by atoms with Crippen molar-refractivity contribution in [1.82, 2.24) is 10.2 Å². The van der Waals surface area contributed by atoms with Crippen molar-refractivity contribution >= 4 is 43.5 Å². The molecule has 2 amide bonds. The number of halogens is 1. The van der Waals surface area contributed by atoms with Crippen molar-refractivity contribution < 1.29 is 22.7 Å². The maximum Gasteiger partial charge on any atom is 0.264 e. The number of carbonyl (C=O) groups is 2. The lowest BCUT2D eigenvalue weighted by Gasteiger charge is -2.32. The summed E-state index contributed by atoms with van der Waals surface area (Å²) in [6.07, 6.45) is 0. The Kier molecular flexibility index (Phi) is 9.93. The molecule has 0 radical (unpaired) electrons. The molecule has 1 N–H and O–H groups in total. The standard InChI is InChI=1S/C28H32BrN3O5S/c1-20(2)30-28(34)21(3)31(18-22-9-8-10-25(17-22)37-4)27(33)19-32(24-15-13-23(29)14-16-24)38(35,36)26-11-6-5-7-12-26/h5-17,20-21H,18-19H2,1-4H3,(H,30,34)/t21-/m1/s1. The number of rotatable bonds is 11. The SMILES string of the molecule is COc1cccc(CN(C(=O)CN(c2ccc(Br)cc2)S(=O)(=O)c2ccccc2)[C@H](C)C(=O)NC(C)C)c1. The number of benzene rings is 3. The summed E-state index contributed by atoms with van der Waals surface area (Å²) in [5, 5.41) is 2.84. The average molecular weight is 603 g/mol. The monoisotopic (exact) mass is 601 g/mol. The van der Waals surface area contributed by atoms with E-state index in [9.17, 15) is 18.0 Å². The Bertz CT molecular complexity index is 1350. The predicted octanol–water partition coefficient (Wildman–Crippen LogP) is 4.59. The maximum absolute atomic E-state index is 13.9. The smallest absolute Gasteiger partial charge is 0.264 e. The van der Waals surface area contributed by atoms with Crippen molar-refractivity contribution in [2.75, 3.05) is 18.0 Å². The van der Waals surface area contributed by atoms with Crippen LogP contribution in [0.5, 0.6) is 5.75 Å². The van der Waals surface area contributed by atoms with Gasteiger partial charge in [-0.05, 0) is 74.9 Å². The van der Waals surface area contributed by atoms with Gasteiger partial charge >= 0.3 is 0 Å². The van der Waals surface area contributed by atoms with Crippen molar-refractivity contribution in [2.24, 2.45) is 0 Å². The molecular formula is C28H32BrN3O5S. The fraction of sp³-hybridized carbons (Fsp3) is 0.286. The molecule has 0 heterocycles. The normalized spacial score (nSPS) is 12.1. The second kappa shape index (κ2) is 12.9. The van der Waals surface area contributed by atoms with Crippen LogP contribution >= 0.6 is 15.9 Å². The van der Waals surface area contributed by atoms with Gasteiger partial charge < -0.3 is 15.0 Å². The largest absolute Gasteiger partial charge is 0.497 e. The third-order valence-corrected chi connectivity index (χ3v) is 8.13. The van der Waals surface area contributed by atoms with Gasteiger partial charge in [0.1, 0.15) is 18.3 Å². The molecule has 0 aliphatic heterocycles. The minimum Gasteiger partial charge on any atom is -0.497 e. The molecular weight excluding hydrogens is 570 g/mol. The van der Waals surface area contributed by atoms with E-state index in [0.717, 1.165) is 14.3 Å². The first-order valence-corrected chi connectivity index (χ1v) is 14.3. The van der Waals surface area contributed by atoms with Gasteiger partial charge in [0.25, 0.3) is 10.0 Å². The van der Waals surface area contributed by atoms with Crippen LogP contribution in [-0.4, -0.2) is 50.9 Å².